The molecule has 1 heterocycles. The van der Waals surface area contributed by atoms with E-state index in [2.05, 4.69) is 21.2 Å². The normalized spacial score (nSPS) is 19.3. The Kier molecular flexibility index (Phi) is 4.76. The third-order valence-corrected chi connectivity index (χ3v) is 3.96. The van der Waals surface area contributed by atoms with Gasteiger partial charge in [0.15, 0.2) is 0 Å². The first-order valence-corrected chi connectivity index (χ1v) is 7.04. The van der Waals surface area contributed by atoms with Crippen LogP contribution in [0.5, 0.6) is 0 Å². The van der Waals surface area contributed by atoms with Crippen molar-refractivity contribution < 1.29 is 14.3 Å². The SMILES string of the molecule is O=C(Nc1cc(F)ccc1Br)N1CCCCC1CO. The molecule has 104 valence electrons. The molecule has 0 aromatic heterocycles. The minimum Gasteiger partial charge on any atom is -0.394 e. The molecule has 1 atom stereocenters. The molecule has 2 N–H and O–H groups in total. The summed E-state index contributed by atoms with van der Waals surface area (Å²) in [7, 11) is 0. The number of piperidine rings is 1. The second kappa shape index (κ2) is 6.34. The molecular formula is C13H16BrFN2O2. The number of nitrogens with zero attached hydrogens (tertiary/aromatic N) is 1. The second-order valence-electron chi connectivity index (χ2n) is 4.58. The van der Waals surface area contributed by atoms with Crippen molar-refractivity contribution >= 4 is 27.6 Å². The Hall–Kier alpha value is -1.14. The van der Waals surface area contributed by atoms with Crippen LogP contribution < -0.4 is 5.32 Å². The van der Waals surface area contributed by atoms with Gasteiger partial charge in [-0.05, 0) is 53.4 Å². The zero-order valence-corrected chi connectivity index (χ0v) is 12.0. The highest BCUT2D eigenvalue weighted by molar-refractivity contribution is 9.10. The van der Waals surface area contributed by atoms with E-state index < -0.39 is 5.82 Å². The van der Waals surface area contributed by atoms with Crippen molar-refractivity contribution in [2.24, 2.45) is 0 Å². The lowest BCUT2D eigenvalue weighted by atomic mass is 10.0. The molecule has 1 aliphatic rings. The summed E-state index contributed by atoms with van der Waals surface area (Å²) in [5.41, 5.74) is 0.396. The van der Waals surface area contributed by atoms with Gasteiger partial charge in [0.25, 0.3) is 0 Å². The molecule has 0 saturated carbocycles. The molecule has 1 aromatic carbocycles. The average Bonchev–Trinajstić information content (AvgIpc) is 2.42. The summed E-state index contributed by atoms with van der Waals surface area (Å²) in [6, 6.07) is 3.67. The maximum absolute atomic E-state index is 13.2. The summed E-state index contributed by atoms with van der Waals surface area (Å²) in [5.74, 6) is -0.407. The fraction of sp³-hybridized carbons (Fsp3) is 0.462. The molecule has 2 rings (SSSR count). The van der Waals surface area contributed by atoms with Crippen LogP contribution in [-0.2, 0) is 0 Å². The first kappa shape index (κ1) is 14.3. The van der Waals surface area contributed by atoms with Crippen molar-refractivity contribution in [3.05, 3.63) is 28.5 Å². The van der Waals surface area contributed by atoms with Crippen LogP contribution in [0.2, 0.25) is 0 Å². The number of nitrogens with one attached hydrogen (secondary N) is 1. The van der Waals surface area contributed by atoms with Gasteiger partial charge >= 0.3 is 6.03 Å². The Bertz CT molecular complexity index is 470. The van der Waals surface area contributed by atoms with E-state index in [0.717, 1.165) is 19.3 Å². The zero-order chi connectivity index (χ0) is 13.8. The number of hydrogen-bond donors (Lipinski definition) is 2. The molecule has 0 spiro atoms. The summed E-state index contributed by atoms with van der Waals surface area (Å²) in [4.78, 5) is 13.8. The van der Waals surface area contributed by atoms with Crippen molar-refractivity contribution in [2.75, 3.05) is 18.5 Å². The lowest BCUT2D eigenvalue weighted by Gasteiger charge is -2.34. The number of benzene rings is 1. The lowest BCUT2D eigenvalue weighted by Crippen LogP contribution is -2.47. The Labute approximate surface area is 119 Å². The highest BCUT2D eigenvalue weighted by Crippen LogP contribution is 2.24. The summed E-state index contributed by atoms with van der Waals surface area (Å²) < 4.78 is 13.8. The first-order valence-electron chi connectivity index (χ1n) is 6.25. The maximum atomic E-state index is 13.2. The van der Waals surface area contributed by atoms with Crippen LogP contribution in [0, 0.1) is 5.82 Å². The van der Waals surface area contributed by atoms with Crippen LogP contribution in [0.1, 0.15) is 19.3 Å². The van der Waals surface area contributed by atoms with Crippen molar-refractivity contribution in [1.29, 1.82) is 0 Å². The minimum atomic E-state index is -0.407. The van der Waals surface area contributed by atoms with Crippen LogP contribution in [-0.4, -0.2) is 35.2 Å². The Balaban J connectivity index is 2.09. The van der Waals surface area contributed by atoms with Gasteiger partial charge in [-0.3, -0.25) is 0 Å². The predicted molar refractivity (Wildman–Crippen MR) is 74.5 cm³/mol. The zero-order valence-electron chi connectivity index (χ0n) is 10.4. The van der Waals surface area contributed by atoms with Gasteiger partial charge in [0.05, 0.1) is 18.3 Å². The summed E-state index contributed by atoms with van der Waals surface area (Å²) in [5, 5.41) is 12.0. The molecule has 2 amide bonds. The summed E-state index contributed by atoms with van der Waals surface area (Å²) in [6.45, 7) is 0.571. The van der Waals surface area contributed by atoms with Crippen molar-refractivity contribution in [3.8, 4) is 0 Å². The molecule has 1 aromatic rings. The topological polar surface area (TPSA) is 52.6 Å². The second-order valence-corrected chi connectivity index (χ2v) is 5.43. The van der Waals surface area contributed by atoms with Crippen LogP contribution >= 0.6 is 15.9 Å². The number of anilines is 1. The molecule has 6 heteroatoms. The van der Waals surface area contributed by atoms with E-state index >= 15 is 0 Å². The van der Waals surface area contributed by atoms with E-state index in [0.29, 0.717) is 16.7 Å². The van der Waals surface area contributed by atoms with Crippen molar-refractivity contribution in [1.82, 2.24) is 4.90 Å². The molecule has 0 aliphatic carbocycles. The molecule has 0 bridgehead atoms. The van der Waals surface area contributed by atoms with Gasteiger partial charge in [-0.1, -0.05) is 0 Å². The van der Waals surface area contributed by atoms with E-state index in [4.69, 9.17) is 0 Å². The van der Waals surface area contributed by atoms with Crippen LogP contribution in [0.4, 0.5) is 14.9 Å². The number of rotatable bonds is 2. The summed E-state index contributed by atoms with van der Waals surface area (Å²) >= 11 is 3.27. The number of hydrogen-bond acceptors (Lipinski definition) is 2. The van der Waals surface area contributed by atoms with Gasteiger partial charge < -0.3 is 15.3 Å². The quantitative estimate of drug-likeness (QED) is 0.875. The van der Waals surface area contributed by atoms with E-state index in [9.17, 15) is 14.3 Å². The molecular weight excluding hydrogens is 315 g/mol. The lowest BCUT2D eigenvalue weighted by molar-refractivity contribution is 0.115. The van der Waals surface area contributed by atoms with Crippen molar-refractivity contribution in [2.45, 2.75) is 25.3 Å². The van der Waals surface area contributed by atoms with Crippen LogP contribution in [0.25, 0.3) is 0 Å². The predicted octanol–water partition coefficient (Wildman–Crippen LogP) is 2.97. The fourth-order valence-electron chi connectivity index (χ4n) is 2.24. The van der Waals surface area contributed by atoms with Gasteiger partial charge in [-0.2, -0.15) is 0 Å². The minimum absolute atomic E-state index is 0.0439. The van der Waals surface area contributed by atoms with Gasteiger partial charge in [0.2, 0.25) is 0 Å². The monoisotopic (exact) mass is 330 g/mol. The molecule has 1 fully saturated rings. The van der Waals surface area contributed by atoms with E-state index in [-0.39, 0.29) is 18.7 Å². The number of amides is 2. The number of halogens is 2. The highest BCUT2D eigenvalue weighted by atomic mass is 79.9. The molecule has 4 nitrogen and oxygen atoms in total. The Morgan fingerprint density at radius 1 is 1.53 bits per heavy atom. The van der Waals surface area contributed by atoms with Gasteiger partial charge in [-0.25, -0.2) is 9.18 Å². The molecule has 1 unspecified atom stereocenters. The Morgan fingerprint density at radius 3 is 3.05 bits per heavy atom. The van der Waals surface area contributed by atoms with Crippen LogP contribution in [0.15, 0.2) is 22.7 Å². The van der Waals surface area contributed by atoms with Gasteiger partial charge in [0, 0.05) is 11.0 Å². The number of carbonyl (C=O) groups is 1. The third-order valence-electron chi connectivity index (χ3n) is 3.27. The molecule has 0 radical (unpaired) electrons. The molecule has 1 aliphatic heterocycles. The van der Waals surface area contributed by atoms with Gasteiger partial charge in [-0.15, -0.1) is 0 Å². The van der Waals surface area contributed by atoms with E-state index in [1.165, 1.54) is 12.1 Å². The van der Waals surface area contributed by atoms with E-state index in [1.807, 2.05) is 0 Å². The largest absolute Gasteiger partial charge is 0.394 e. The number of carbonyl (C=O) groups excluding carboxylic acids is 1. The Morgan fingerprint density at radius 2 is 2.32 bits per heavy atom. The smallest absolute Gasteiger partial charge is 0.322 e. The fourth-order valence-corrected chi connectivity index (χ4v) is 2.58. The highest BCUT2D eigenvalue weighted by Gasteiger charge is 2.26. The standard InChI is InChI=1S/C13H16BrFN2O2/c14-11-5-4-9(15)7-12(11)16-13(19)17-6-2-1-3-10(17)8-18/h4-5,7,10,18H,1-3,6,8H2,(H,16,19). The van der Waals surface area contributed by atoms with Crippen LogP contribution in [0.3, 0.4) is 0 Å². The third kappa shape index (κ3) is 3.45. The van der Waals surface area contributed by atoms with Crippen molar-refractivity contribution in [3.63, 3.8) is 0 Å². The molecule has 1 saturated heterocycles. The number of urea groups is 1. The number of aliphatic hydroxyl groups is 1. The first-order chi connectivity index (χ1) is 9.11. The summed E-state index contributed by atoms with van der Waals surface area (Å²) in [6.07, 6.45) is 2.74. The van der Waals surface area contributed by atoms with E-state index in [1.54, 1.807) is 11.0 Å². The maximum Gasteiger partial charge on any atom is 0.322 e. The number of likely N-dealkylation sites (tertiary alicyclic amines) is 1. The average molecular weight is 331 g/mol. The molecule has 19 heavy (non-hydrogen) atoms. The van der Waals surface area contributed by atoms with Gasteiger partial charge in [0.1, 0.15) is 5.82 Å². The number of aliphatic hydroxyl groups excluding tert-OH is 1.